The van der Waals surface area contributed by atoms with Crippen LogP contribution >= 0.6 is 0 Å². The lowest BCUT2D eigenvalue weighted by Crippen LogP contribution is -2.13. The van der Waals surface area contributed by atoms with E-state index < -0.39 is 26.7 Å². The number of carbonyl (C=O) groups excluding carboxylic acids is 1. The van der Waals surface area contributed by atoms with E-state index in [1.807, 2.05) is 19.1 Å². The van der Waals surface area contributed by atoms with Crippen molar-refractivity contribution in [2.24, 2.45) is 0 Å². The van der Waals surface area contributed by atoms with Crippen molar-refractivity contribution in [3.63, 3.8) is 0 Å². The van der Waals surface area contributed by atoms with Crippen LogP contribution in [-0.2, 0) is 16.5 Å². The van der Waals surface area contributed by atoms with Crippen molar-refractivity contribution < 1.29 is 22.2 Å². The van der Waals surface area contributed by atoms with Gasteiger partial charge in [0.15, 0.2) is 0 Å². The summed E-state index contributed by atoms with van der Waals surface area (Å²) in [6.07, 6.45) is 0.845. The molecule has 0 radical (unpaired) electrons. The van der Waals surface area contributed by atoms with Crippen LogP contribution in [0.4, 0.5) is 10.1 Å². The highest BCUT2D eigenvalue weighted by atomic mass is 32.2. The van der Waals surface area contributed by atoms with E-state index in [0.29, 0.717) is 5.56 Å². The smallest absolute Gasteiger partial charge is 0.297 e. The summed E-state index contributed by atoms with van der Waals surface area (Å²) in [7, 11) is -4.69. The third-order valence-corrected chi connectivity index (χ3v) is 3.96. The Bertz CT molecular complexity index is 801. The molecule has 0 aliphatic carbocycles. The first-order valence-corrected chi connectivity index (χ1v) is 7.92. The molecule has 0 spiro atoms. The Morgan fingerprint density at radius 3 is 2.36 bits per heavy atom. The fourth-order valence-corrected chi connectivity index (χ4v) is 2.46. The number of aryl methyl sites for hydroxylation is 1. The van der Waals surface area contributed by atoms with Crippen LogP contribution in [0, 0.1) is 5.82 Å². The Morgan fingerprint density at radius 1 is 1.18 bits per heavy atom. The molecule has 0 unspecified atom stereocenters. The van der Waals surface area contributed by atoms with Gasteiger partial charge in [-0.2, -0.15) is 8.42 Å². The maximum absolute atomic E-state index is 13.4. The van der Waals surface area contributed by atoms with Gasteiger partial charge in [0.05, 0.1) is 0 Å². The molecular formula is C15H14FNO4S. The molecule has 0 atom stereocenters. The molecule has 0 saturated heterocycles. The van der Waals surface area contributed by atoms with E-state index in [4.69, 9.17) is 4.55 Å². The number of carbonyl (C=O) groups is 1. The number of anilines is 1. The van der Waals surface area contributed by atoms with Crippen molar-refractivity contribution in [2.45, 2.75) is 18.2 Å². The van der Waals surface area contributed by atoms with Gasteiger partial charge < -0.3 is 5.32 Å². The molecule has 7 heteroatoms. The number of rotatable bonds is 4. The van der Waals surface area contributed by atoms with Crippen LogP contribution in [-0.4, -0.2) is 18.9 Å². The summed E-state index contributed by atoms with van der Waals surface area (Å²) < 4.78 is 44.4. The van der Waals surface area contributed by atoms with Crippen LogP contribution in [0.1, 0.15) is 22.8 Å². The van der Waals surface area contributed by atoms with E-state index in [0.717, 1.165) is 24.1 Å². The van der Waals surface area contributed by atoms with Gasteiger partial charge in [0.1, 0.15) is 10.7 Å². The zero-order valence-electron chi connectivity index (χ0n) is 11.7. The Morgan fingerprint density at radius 2 is 1.82 bits per heavy atom. The van der Waals surface area contributed by atoms with Crippen molar-refractivity contribution in [1.29, 1.82) is 0 Å². The third-order valence-electron chi connectivity index (χ3n) is 3.09. The van der Waals surface area contributed by atoms with Gasteiger partial charge in [-0.15, -0.1) is 0 Å². The SMILES string of the molecule is CCc1ccc(C(=O)Nc2ccc(F)c(S(=O)(=O)O)c2)cc1. The largest absolute Gasteiger partial charge is 0.322 e. The molecule has 0 bridgehead atoms. The molecule has 0 fully saturated rings. The molecule has 0 aliphatic heterocycles. The van der Waals surface area contributed by atoms with Crippen LogP contribution in [0.2, 0.25) is 0 Å². The summed E-state index contributed by atoms with van der Waals surface area (Å²) in [5.74, 6) is -1.55. The van der Waals surface area contributed by atoms with Gasteiger partial charge in [-0.3, -0.25) is 9.35 Å². The van der Waals surface area contributed by atoms with Crippen LogP contribution in [0.3, 0.4) is 0 Å². The minimum Gasteiger partial charge on any atom is -0.322 e. The number of hydrogen-bond acceptors (Lipinski definition) is 3. The van der Waals surface area contributed by atoms with E-state index in [1.165, 1.54) is 6.07 Å². The predicted octanol–water partition coefficient (Wildman–Crippen LogP) is 2.89. The van der Waals surface area contributed by atoms with Gasteiger partial charge in [-0.25, -0.2) is 4.39 Å². The summed E-state index contributed by atoms with van der Waals surface area (Å²) in [6.45, 7) is 1.99. The van der Waals surface area contributed by atoms with E-state index >= 15 is 0 Å². The Hall–Kier alpha value is -2.25. The molecule has 2 aromatic carbocycles. The van der Waals surface area contributed by atoms with Gasteiger partial charge in [-0.1, -0.05) is 19.1 Å². The fraction of sp³-hybridized carbons (Fsp3) is 0.133. The average Bonchev–Trinajstić information content (AvgIpc) is 2.48. The van der Waals surface area contributed by atoms with Crippen molar-refractivity contribution >= 4 is 21.7 Å². The lowest BCUT2D eigenvalue weighted by molar-refractivity contribution is 0.102. The van der Waals surface area contributed by atoms with Crippen molar-refractivity contribution in [3.8, 4) is 0 Å². The van der Waals surface area contributed by atoms with Gasteiger partial charge in [0, 0.05) is 11.3 Å². The van der Waals surface area contributed by atoms with Gasteiger partial charge in [0.25, 0.3) is 16.0 Å². The molecule has 1 amide bonds. The first kappa shape index (κ1) is 16.1. The zero-order chi connectivity index (χ0) is 16.3. The molecule has 2 rings (SSSR count). The number of halogens is 1. The van der Waals surface area contributed by atoms with Gasteiger partial charge in [-0.05, 0) is 42.3 Å². The summed E-state index contributed by atoms with van der Waals surface area (Å²) >= 11 is 0. The molecule has 116 valence electrons. The second-order valence-corrected chi connectivity index (χ2v) is 6.01. The third kappa shape index (κ3) is 3.69. The molecule has 0 aliphatic rings. The quantitative estimate of drug-likeness (QED) is 0.848. The molecule has 2 aromatic rings. The number of hydrogen-bond donors (Lipinski definition) is 2. The summed E-state index contributed by atoms with van der Waals surface area (Å²) in [5, 5.41) is 2.45. The Labute approximate surface area is 127 Å². The Balaban J connectivity index is 2.25. The minimum atomic E-state index is -4.69. The maximum Gasteiger partial charge on any atom is 0.297 e. The molecular weight excluding hydrogens is 309 g/mol. The van der Waals surface area contributed by atoms with Crippen LogP contribution < -0.4 is 5.32 Å². The maximum atomic E-state index is 13.4. The van der Waals surface area contributed by atoms with Crippen molar-refractivity contribution in [1.82, 2.24) is 0 Å². The second-order valence-electron chi connectivity index (χ2n) is 4.62. The standard InChI is InChI=1S/C15H14FNO4S/c1-2-10-3-5-11(6-4-10)15(18)17-12-7-8-13(16)14(9-12)22(19,20)21/h3-9H,2H2,1H3,(H,17,18)(H,19,20,21). The molecule has 0 aromatic heterocycles. The highest BCUT2D eigenvalue weighted by molar-refractivity contribution is 7.85. The van der Waals surface area contributed by atoms with E-state index in [2.05, 4.69) is 5.32 Å². The minimum absolute atomic E-state index is 0.0681. The molecule has 0 heterocycles. The van der Waals surface area contributed by atoms with Crippen LogP contribution in [0.15, 0.2) is 47.4 Å². The van der Waals surface area contributed by atoms with E-state index in [9.17, 15) is 17.6 Å². The first-order valence-electron chi connectivity index (χ1n) is 6.48. The Kier molecular flexibility index (Phi) is 4.58. The predicted molar refractivity (Wildman–Crippen MR) is 80.0 cm³/mol. The molecule has 2 N–H and O–H groups in total. The highest BCUT2D eigenvalue weighted by Crippen LogP contribution is 2.20. The summed E-state index contributed by atoms with van der Waals surface area (Å²) in [5.41, 5.74) is 1.53. The number of benzene rings is 2. The monoisotopic (exact) mass is 323 g/mol. The zero-order valence-corrected chi connectivity index (χ0v) is 12.5. The van der Waals surface area contributed by atoms with Crippen molar-refractivity contribution in [3.05, 3.63) is 59.4 Å². The second kappa shape index (κ2) is 6.25. The highest BCUT2D eigenvalue weighted by Gasteiger charge is 2.17. The van der Waals surface area contributed by atoms with Gasteiger partial charge in [0.2, 0.25) is 0 Å². The lowest BCUT2D eigenvalue weighted by Gasteiger charge is -2.08. The summed E-state index contributed by atoms with van der Waals surface area (Å²) in [6, 6.07) is 9.83. The number of nitrogens with one attached hydrogen (secondary N) is 1. The average molecular weight is 323 g/mol. The molecule has 5 nitrogen and oxygen atoms in total. The van der Waals surface area contributed by atoms with Gasteiger partial charge >= 0.3 is 0 Å². The van der Waals surface area contributed by atoms with E-state index in [1.54, 1.807) is 12.1 Å². The summed E-state index contributed by atoms with van der Waals surface area (Å²) in [4.78, 5) is 11.2. The van der Waals surface area contributed by atoms with Crippen LogP contribution in [0.25, 0.3) is 0 Å². The topological polar surface area (TPSA) is 83.5 Å². The van der Waals surface area contributed by atoms with E-state index in [-0.39, 0.29) is 5.69 Å². The lowest BCUT2D eigenvalue weighted by atomic mass is 10.1. The van der Waals surface area contributed by atoms with Crippen LogP contribution in [0.5, 0.6) is 0 Å². The molecule has 0 saturated carbocycles. The van der Waals surface area contributed by atoms with Crippen molar-refractivity contribution in [2.75, 3.05) is 5.32 Å². The first-order chi connectivity index (χ1) is 10.3. The normalized spacial score (nSPS) is 11.2. The molecule has 22 heavy (non-hydrogen) atoms. The fourth-order valence-electron chi connectivity index (χ4n) is 1.87. The number of amides is 1.